The maximum absolute atomic E-state index is 12.8. The van der Waals surface area contributed by atoms with Gasteiger partial charge in [-0.15, -0.1) is 11.3 Å². The second kappa shape index (κ2) is 7.27. The molecule has 1 aliphatic rings. The van der Waals surface area contributed by atoms with Crippen molar-refractivity contribution in [2.75, 3.05) is 13.1 Å². The molecule has 2 aromatic rings. The van der Waals surface area contributed by atoms with Crippen LogP contribution in [0.5, 0.6) is 0 Å². The summed E-state index contributed by atoms with van der Waals surface area (Å²) >= 11 is 1.36. The van der Waals surface area contributed by atoms with Crippen LogP contribution in [0.2, 0.25) is 0 Å². The van der Waals surface area contributed by atoms with Crippen LogP contribution in [-0.4, -0.2) is 31.7 Å². The Labute approximate surface area is 152 Å². The predicted octanol–water partition coefficient (Wildman–Crippen LogP) is 2.66. The summed E-state index contributed by atoms with van der Waals surface area (Å²) < 4.78 is 27.6. The maximum Gasteiger partial charge on any atom is 0.252 e. The van der Waals surface area contributed by atoms with Gasteiger partial charge in [-0.3, -0.25) is 4.79 Å². The number of aryl methyl sites for hydroxylation is 1. The quantitative estimate of drug-likeness (QED) is 0.839. The van der Waals surface area contributed by atoms with Crippen LogP contribution in [0.1, 0.15) is 34.1 Å². The first-order valence-corrected chi connectivity index (χ1v) is 10.6. The van der Waals surface area contributed by atoms with E-state index in [1.165, 1.54) is 11.3 Å². The van der Waals surface area contributed by atoms with Crippen LogP contribution in [0, 0.1) is 5.92 Å². The van der Waals surface area contributed by atoms with Gasteiger partial charge in [-0.2, -0.15) is 4.31 Å². The number of rotatable bonds is 6. The molecule has 0 saturated carbocycles. The van der Waals surface area contributed by atoms with Crippen LogP contribution in [0.4, 0.5) is 0 Å². The van der Waals surface area contributed by atoms with Gasteiger partial charge in [-0.1, -0.05) is 19.1 Å². The lowest BCUT2D eigenvalue weighted by atomic mass is 9.97. The summed E-state index contributed by atoms with van der Waals surface area (Å²) in [7, 11) is -3.40. The Hall–Kier alpha value is -1.70. The summed E-state index contributed by atoms with van der Waals surface area (Å²) in [5, 5.41) is 0. The molecule has 1 fully saturated rings. The van der Waals surface area contributed by atoms with Gasteiger partial charge in [0.25, 0.3) is 10.0 Å². The van der Waals surface area contributed by atoms with E-state index in [2.05, 4.69) is 0 Å². The molecule has 5 nitrogen and oxygen atoms in total. The first-order valence-electron chi connectivity index (χ1n) is 8.37. The highest BCUT2D eigenvalue weighted by molar-refractivity contribution is 7.91. The van der Waals surface area contributed by atoms with E-state index in [0.29, 0.717) is 22.9 Å². The molecule has 1 atom stereocenters. The van der Waals surface area contributed by atoms with Crippen molar-refractivity contribution in [1.82, 2.24) is 4.31 Å². The normalized spacial score (nSPS) is 18.5. The molecule has 1 aromatic heterocycles. The first-order chi connectivity index (χ1) is 11.9. The third-order valence-electron chi connectivity index (χ3n) is 4.56. The molecule has 2 heterocycles. The fourth-order valence-electron chi connectivity index (χ4n) is 3.18. The van der Waals surface area contributed by atoms with Gasteiger partial charge in [0.05, 0.1) is 0 Å². The molecule has 0 radical (unpaired) electrons. The molecule has 25 heavy (non-hydrogen) atoms. The molecule has 0 spiro atoms. The molecule has 1 saturated heterocycles. The number of hydrogen-bond acceptors (Lipinski definition) is 4. The number of carbonyl (C=O) groups is 1. The first kappa shape index (κ1) is 18.1. The van der Waals surface area contributed by atoms with E-state index in [-0.39, 0.29) is 5.92 Å². The fourth-order valence-corrected chi connectivity index (χ4v) is 6.16. The number of nitrogens with zero attached hydrogens (tertiary/aromatic N) is 1. The molecule has 2 N–H and O–H groups in total. The molecule has 1 amide bonds. The van der Waals surface area contributed by atoms with E-state index >= 15 is 0 Å². The molecule has 0 bridgehead atoms. The van der Waals surface area contributed by atoms with Crippen LogP contribution in [0.25, 0.3) is 0 Å². The average Bonchev–Trinajstić information content (AvgIpc) is 3.24. The number of thiophene rings is 1. The third-order valence-corrected chi connectivity index (χ3v) is 8.13. The third kappa shape index (κ3) is 3.94. The zero-order valence-electron chi connectivity index (χ0n) is 14.1. The van der Waals surface area contributed by atoms with Gasteiger partial charge in [0, 0.05) is 23.5 Å². The molecule has 3 rings (SSSR count). The number of primary amides is 1. The Kier molecular flexibility index (Phi) is 5.27. The molecule has 0 unspecified atom stereocenters. The Morgan fingerprint density at radius 3 is 2.80 bits per heavy atom. The summed E-state index contributed by atoms with van der Waals surface area (Å²) in [5.74, 6) is -0.189. The van der Waals surface area contributed by atoms with Gasteiger partial charge in [-0.25, -0.2) is 8.42 Å². The second-order valence-corrected chi connectivity index (χ2v) is 9.69. The number of benzene rings is 1. The number of nitrogens with two attached hydrogens (primary N) is 1. The van der Waals surface area contributed by atoms with Crippen molar-refractivity contribution in [2.45, 2.75) is 30.4 Å². The molecule has 7 heteroatoms. The summed E-state index contributed by atoms with van der Waals surface area (Å²) in [6, 6.07) is 10.9. The van der Waals surface area contributed by atoms with Gasteiger partial charge in [0.15, 0.2) is 0 Å². The molecular weight excluding hydrogens is 356 g/mol. The topological polar surface area (TPSA) is 80.5 Å². The van der Waals surface area contributed by atoms with Crippen molar-refractivity contribution in [1.29, 1.82) is 0 Å². The van der Waals surface area contributed by atoms with Crippen molar-refractivity contribution in [2.24, 2.45) is 11.7 Å². The minimum Gasteiger partial charge on any atom is -0.366 e. The highest BCUT2D eigenvalue weighted by Crippen LogP contribution is 2.30. The summed E-state index contributed by atoms with van der Waals surface area (Å²) in [4.78, 5) is 12.4. The van der Waals surface area contributed by atoms with Crippen molar-refractivity contribution >= 4 is 27.3 Å². The minimum absolute atomic E-state index is 0.253. The predicted molar refractivity (Wildman–Crippen MR) is 99.2 cm³/mol. The zero-order valence-corrected chi connectivity index (χ0v) is 15.8. The Morgan fingerprint density at radius 2 is 2.12 bits per heavy atom. The number of amides is 1. The molecule has 134 valence electrons. The number of sulfonamides is 1. The van der Waals surface area contributed by atoms with Gasteiger partial charge in [0.1, 0.15) is 4.21 Å². The van der Waals surface area contributed by atoms with Crippen molar-refractivity contribution < 1.29 is 13.2 Å². The molecule has 1 aliphatic heterocycles. The van der Waals surface area contributed by atoms with E-state index in [0.717, 1.165) is 29.7 Å². The van der Waals surface area contributed by atoms with Crippen molar-refractivity contribution in [3.63, 3.8) is 0 Å². The lowest BCUT2D eigenvalue weighted by Gasteiger charge is -2.15. The smallest absolute Gasteiger partial charge is 0.252 e. The van der Waals surface area contributed by atoms with Crippen LogP contribution in [-0.2, 0) is 22.9 Å². The van der Waals surface area contributed by atoms with Gasteiger partial charge in [0.2, 0.25) is 5.91 Å². The van der Waals surface area contributed by atoms with Gasteiger partial charge in [-0.05, 0) is 55.0 Å². The van der Waals surface area contributed by atoms with Crippen LogP contribution in [0.3, 0.4) is 0 Å². The zero-order chi connectivity index (χ0) is 18.0. The molecule has 1 aromatic carbocycles. The summed E-state index contributed by atoms with van der Waals surface area (Å²) in [6.07, 6.45) is 2.42. The largest absolute Gasteiger partial charge is 0.366 e. The van der Waals surface area contributed by atoms with E-state index in [9.17, 15) is 13.2 Å². The van der Waals surface area contributed by atoms with E-state index < -0.39 is 15.9 Å². The highest BCUT2D eigenvalue weighted by atomic mass is 32.2. The van der Waals surface area contributed by atoms with Crippen molar-refractivity contribution in [3.05, 3.63) is 52.4 Å². The average molecular weight is 379 g/mol. The number of carbonyl (C=O) groups excluding carboxylic acids is 1. The minimum atomic E-state index is -3.40. The highest BCUT2D eigenvalue weighted by Gasteiger charge is 2.33. The standard InChI is InChI=1S/C18H22N2O3S2/c1-2-16-6-7-17(24-16)25(22,23)20-9-8-14(12-20)10-13-4-3-5-15(11-13)18(19)21/h3-7,11,14H,2,8-10,12H2,1H3,(H2,19,21)/t14-/m0/s1. The lowest BCUT2D eigenvalue weighted by Crippen LogP contribution is -2.28. The van der Waals surface area contributed by atoms with Crippen molar-refractivity contribution in [3.8, 4) is 0 Å². The maximum atomic E-state index is 12.8. The summed E-state index contributed by atoms with van der Waals surface area (Å²) in [6.45, 7) is 3.08. The van der Waals surface area contributed by atoms with E-state index in [1.807, 2.05) is 25.1 Å². The molecule has 0 aliphatic carbocycles. The van der Waals surface area contributed by atoms with Crippen LogP contribution in [0.15, 0.2) is 40.6 Å². The van der Waals surface area contributed by atoms with E-state index in [4.69, 9.17) is 5.73 Å². The Balaban J connectivity index is 1.69. The lowest BCUT2D eigenvalue weighted by molar-refractivity contribution is 0.1000. The molecular formula is C18H22N2O3S2. The fraction of sp³-hybridized carbons (Fsp3) is 0.389. The van der Waals surface area contributed by atoms with Crippen LogP contribution < -0.4 is 5.73 Å². The second-order valence-electron chi connectivity index (χ2n) is 6.36. The van der Waals surface area contributed by atoms with E-state index in [1.54, 1.807) is 22.5 Å². The van der Waals surface area contributed by atoms with Crippen LogP contribution >= 0.6 is 11.3 Å². The SMILES string of the molecule is CCc1ccc(S(=O)(=O)N2CC[C@@H](Cc3cccc(C(N)=O)c3)C2)s1. The Bertz CT molecular complexity index is 874. The Morgan fingerprint density at radius 1 is 1.32 bits per heavy atom. The monoisotopic (exact) mass is 378 g/mol. The number of hydrogen-bond donors (Lipinski definition) is 1. The van der Waals surface area contributed by atoms with Gasteiger partial charge >= 0.3 is 0 Å². The summed E-state index contributed by atoms with van der Waals surface area (Å²) in [5.41, 5.74) is 6.83. The van der Waals surface area contributed by atoms with Gasteiger partial charge < -0.3 is 5.73 Å².